The minimum absolute atomic E-state index is 0.208. The third-order valence-electron chi connectivity index (χ3n) is 1.47. The van der Waals surface area contributed by atoms with E-state index in [1.807, 2.05) is 6.92 Å². The van der Waals surface area contributed by atoms with Crippen molar-refractivity contribution in [3.05, 3.63) is 0 Å². The summed E-state index contributed by atoms with van der Waals surface area (Å²) in [4.78, 5) is 4.67. The zero-order valence-corrected chi connectivity index (χ0v) is 5.02. The van der Waals surface area contributed by atoms with Gasteiger partial charge in [-0.2, -0.15) is 0 Å². The molecule has 1 rings (SSSR count). The fourth-order valence-electron chi connectivity index (χ4n) is 0.741. The van der Waals surface area contributed by atoms with Crippen LogP contribution in [0.25, 0.3) is 0 Å². The predicted molar refractivity (Wildman–Crippen MR) is 29.1 cm³/mol. The summed E-state index contributed by atoms with van der Waals surface area (Å²) in [6.45, 7) is 3.34. The van der Waals surface area contributed by atoms with Crippen molar-refractivity contribution >= 4 is 0 Å². The second kappa shape index (κ2) is 2.01. The molecular formula is C5H11NO2. The van der Waals surface area contributed by atoms with Gasteiger partial charge in [0.25, 0.3) is 0 Å². The van der Waals surface area contributed by atoms with Crippen LogP contribution < -0.4 is 5.90 Å². The molecule has 2 N–H and O–H groups in total. The van der Waals surface area contributed by atoms with Crippen molar-refractivity contribution in [1.29, 1.82) is 0 Å². The fourth-order valence-corrected chi connectivity index (χ4v) is 0.741. The number of hydrogen-bond acceptors (Lipinski definition) is 3. The van der Waals surface area contributed by atoms with Crippen molar-refractivity contribution in [1.82, 2.24) is 0 Å². The molecular weight excluding hydrogens is 106 g/mol. The molecule has 1 aliphatic rings. The summed E-state index contributed by atoms with van der Waals surface area (Å²) in [5.74, 6) is 4.99. The topological polar surface area (TPSA) is 44.5 Å². The Morgan fingerprint density at radius 2 is 2.50 bits per heavy atom. The van der Waals surface area contributed by atoms with E-state index in [9.17, 15) is 0 Å². The van der Waals surface area contributed by atoms with E-state index in [1.165, 1.54) is 0 Å². The summed E-state index contributed by atoms with van der Waals surface area (Å²) < 4.78 is 5.05. The lowest BCUT2D eigenvalue weighted by atomic mass is 10.1. The minimum atomic E-state index is -0.208. The molecule has 1 aliphatic heterocycles. The van der Waals surface area contributed by atoms with Gasteiger partial charge in [-0.1, -0.05) is 0 Å². The number of ether oxygens (including phenoxy) is 1. The zero-order chi connectivity index (χ0) is 6.04. The molecule has 1 atom stereocenters. The molecule has 3 heteroatoms. The van der Waals surface area contributed by atoms with E-state index in [-0.39, 0.29) is 5.60 Å². The van der Waals surface area contributed by atoms with E-state index in [4.69, 9.17) is 10.6 Å². The molecule has 8 heavy (non-hydrogen) atoms. The van der Waals surface area contributed by atoms with Crippen LogP contribution in [0.5, 0.6) is 0 Å². The molecule has 48 valence electrons. The van der Waals surface area contributed by atoms with Crippen molar-refractivity contribution < 1.29 is 9.57 Å². The average molecular weight is 117 g/mol. The number of rotatable bonds is 1. The van der Waals surface area contributed by atoms with Crippen molar-refractivity contribution in [3.8, 4) is 0 Å². The summed E-state index contributed by atoms with van der Waals surface area (Å²) in [7, 11) is 0. The van der Waals surface area contributed by atoms with E-state index in [0.29, 0.717) is 6.61 Å². The molecule has 1 fully saturated rings. The Morgan fingerprint density at radius 1 is 1.75 bits per heavy atom. The molecule has 0 aromatic heterocycles. The van der Waals surface area contributed by atoms with Gasteiger partial charge in [0.1, 0.15) is 5.60 Å². The molecule has 3 nitrogen and oxygen atoms in total. The summed E-state index contributed by atoms with van der Waals surface area (Å²) in [5, 5.41) is 0. The van der Waals surface area contributed by atoms with Crippen LogP contribution in [0, 0.1) is 0 Å². The smallest absolute Gasteiger partial charge is 0.112 e. The summed E-state index contributed by atoms with van der Waals surface area (Å²) >= 11 is 0. The van der Waals surface area contributed by atoms with Gasteiger partial charge in [0.15, 0.2) is 0 Å². The van der Waals surface area contributed by atoms with Crippen LogP contribution in [0.15, 0.2) is 0 Å². The van der Waals surface area contributed by atoms with Crippen LogP contribution in [-0.2, 0) is 9.57 Å². The first-order chi connectivity index (χ1) is 3.77. The van der Waals surface area contributed by atoms with Gasteiger partial charge in [0.05, 0.1) is 6.61 Å². The largest absolute Gasteiger partial charge is 0.378 e. The van der Waals surface area contributed by atoms with Gasteiger partial charge in [-0.3, -0.25) is 4.84 Å². The molecule has 0 aromatic carbocycles. The van der Waals surface area contributed by atoms with Gasteiger partial charge in [0, 0.05) is 13.0 Å². The van der Waals surface area contributed by atoms with Crippen molar-refractivity contribution in [2.45, 2.75) is 18.9 Å². The highest BCUT2D eigenvalue weighted by Crippen LogP contribution is 2.19. The monoisotopic (exact) mass is 117 g/mol. The zero-order valence-electron chi connectivity index (χ0n) is 5.02. The van der Waals surface area contributed by atoms with Crippen molar-refractivity contribution in [2.24, 2.45) is 5.90 Å². The quantitative estimate of drug-likeness (QED) is 0.494. The van der Waals surface area contributed by atoms with E-state index < -0.39 is 0 Å². The van der Waals surface area contributed by atoms with Gasteiger partial charge >= 0.3 is 0 Å². The minimum Gasteiger partial charge on any atom is -0.378 e. The van der Waals surface area contributed by atoms with Crippen LogP contribution >= 0.6 is 0 Å². The van der Waals surface area contributed by atoms with Crippen LogP contribution in [-0.4, -0.2) is 18.8 Å². The van der Waals surface area contributed by atoms with Gasteiger partial charge < -0.3 is 4.74 Å². The normalized spacial score (nSPS) is 38.2. The lowest BCUT2D eigenvalue weighted by Crippen LogP contribution is -2.31. The summed E-state index contributed by atoms with van der Waals surface area (Å²) in [6.07, 6.45) is 0.906. The molecule has 0 aliphatic carbocycles. The maximum Gasteiger partial charge on any atom is 0.112 e. The first-order valence-electron chi connectivity index (χ1n) is 2.72. The third kappa shape index (κ3) is 0.992. The molecule has 0 bridgehead atoms. The summed E-state index contributed by atoms with van der Waals surface area (Å²) in [5.41, 5.74) is -0.208. The predicted octanol–water partition coefficient (Wildman–Crippen LogP) is 0.0557. The Bertz CT molecular complexity index is 78.5. The maximum atomic E-state index is 5.05. The molecule has 0 aromatic rings. The summed E-state index contributed by atoms with van der Waals surface area (Å²) in [6, 6.07) is 0. The third-order valence-corrected chi connectivity index (χ3v) is 1.47. The van der Waals surface area contributed by atoms with Crippen LogP contribution in [0.3, 0.4) is 0 Å². The number of nitrogens with two attached hydrogens (primary N) is 1. The molecule has 0 radical (unpaired) electrons. The number of hydrogen-bond donors (Lipinski definition) is 1. The van der Waals surface area contributed by atoms with Crippen LogP contribution in [0.4, 0.5) is 0 Å². The van der Waals surface area contributed by atoms with Crippen LogP contribution in [0.1, 0.15) is 13.3 Å². The maximum absolute atomic E-state index is 5.05. The standard InChI is InChI=1S/C5H11NO2/c1-5(8-6)2-3-7-4-5/h2-4,6H2,1H3. The lowest BCUT2D eigenvalue weighted by molar-refractivity contribution is -0.0376. The van der Waals surface area contributed by atoms with Crippen molar-refractivity contribution in [3.63, 3.8) is 0 Å². The molecule has 0 spiro atoms. The Labute approximate surface area is 48.7 Å². The highest BCUT2D eigenvalue weighted by Gasteiger charge is 2.29. The molecule has 1 heterocycles. The molecule has 1 saturated heterocycles. The van der Waals surface area contributed by atoms with E-state index in [1.54, 1.807) is 0 Å². The average Bonchev–Trinajstić information content (AvgIpc) is 2.17. The SMILES string of the molecule is CC1(ON)CCOC1. The van der Waals surface area contributed by atoms with Crippen molar-refractivity contribution in [2.75, 3.05) is 13.2 Å². The second-order valence-electron chi connectivity index (χ2n) is 2.37. The molecule has 0 saturated carbocycles. The first-order valence-corrected chi connectivity index (χ1v) is 2.72. The Morgan fingerprint density at radius 3 is 2.75 bits per heavy atom. The second-order valence-corrected chi connectivity index (χ2v) is 2.37. The fraction of sp³-hybridized carbons (Fsp3) is 1.00. The van der Waals surface area contributed by atoms with E-state index >= 15 is 0 Å². The highest BCUT2D eigenvalue weighted by atomic mass is 16.7. The lowest BCUT2D eigenvalue weighted by Gasteiger charge is -2.16. The Kier molecular flexibility index (Phi) is 1.51. The van der Waals surface area contributed by atoms with Gasteiger partial charge in [-0.15, -0.1) is 0 Å². The molecule has 1 unspecified atom stereocenters. The highest BCUT2D eigenvalue weighted by molar-refractivity contribution is 4.77. The molecule has 0 amide bonds. The van der Waals surface area contributed by atoms with E-state index in [0.717, 1.165) is 13.0 Å². The Hall–Kier alpha value is -0.120. The van der Waals surface area contributed by atoms with E-state index in [2.05, 4.69) is 4.84 Å². The van der Waals surface area contributed by atoms with Gasteiger partial charge in [0.2, 0.25) is 0 Å². The van der Waals surface area contributed by atoms with Gasteiger partial charge in [-0.25, -0.2) is 5.90 Å². The van der Waals surface area contributed by atoms with Crippen LogP contribution in [0.2, 0.25) is 0 Å². The first kappa shape index (κ1) is 6.01. The van der Waals surface area contributed by atoms with Gasteiger partial charge in [-0.05, 0) is 6.92 Å². The Balaban J connectivity index is 2.40.